The lowest BCUT2D eigenvalue weighted by atomic mass is 10.2. The summed E-state index contributed by atoms with van der Waals surface area (Å²) in [6, 6.07) is 10.6. The molecule has 1 N–H and O–H groups in total. The summed E-state index contributed by atoms with van der Waals surface area (Å²) < 4.78 is 0. The predicted octanol–water partition coefficient (Wildman–Crippen LogP) is 3.46. The third kappa shape index (κ3) is 2.67. The van der Waals surface area contributed by atoms with E-state index in [1.165, 1.54) is 16.8 Å². The van der Waals surface area contributed by atoms with Gasteiger partial charge in [0.1, 0.15) is 0 Å². The van der Waals surface area contributed by atoms with Crippen molar-refractivity contribution in [1.82, 2.24) is 10.2 Å². The molecule has 0 amide bonds. The van der Waals surface area contributed by atoms with E-state index in [0.29, 0.717) is 0 Å². The molecule has 0 aliphatic rings. The predicted molar refractivity (Wildman–Crippen MR) is 69.5 cm³/mol. The maximum absolute atomic E-state index is 4.20. The zero-order valence-electron chi connectivity index (χ0n) is 9.66. The van der Waals surface area contributed by atoms with Crippen LogP contribution >= 0.6 is 11.8 Å². The second-order valence-corrected chi connectivity index (χ2v) is 4.88. The molecule has 0 aliphatic heterocycles. The van der Waals surface area contributed by atoms with Gasteiger partial charge in [0.2, 0.25) is 0 Å². The van der Waals surface area contributed by atoms with Gasteiger partial charge in [0.15, 0.2) is 0 Å². The number of rotatable bonds is 4. The van der Waals surface area contributed by atoms with Gasteiger partial charge in [0.25, 0.3) is 0 Å². The molecule has 3 heteroatoms. The molecule has 84 valence electrons. The number of benzene rings is 1. The Morgan fingerprint density at radius 1 is 1.12 bits per heavy atom. The van der Waals surface area contributed by atoms with Gasteiger partial charge >= 0.3 is 0 Å². The van der Waals surface area contributed by atoms with Gasteiger partial charge in [-0.2, -0.15) is 16.9 Å². The molecule has 0 saturated carbocycles. The van der Waals surface area contributed by atoms with Gasteiger partial charge in [0.05, 0.1) is 5.69 Å². The summed E-state index contributed by atoms with van der Waals surface area (Å²) in [7, 11) is 0. The van der Waals surface area contributed by atoms with Gasteiger partial charge in [-0.3, -0.25) is 5.10 Å². The Morgan fingerprint density at radius 3 is 2.50 bits per heavy atom. The lowest BCUT2D eigenvalue weighted by molar-refractivity contribution is 1.02. The first kappa shape index (κ1) is 11.3. The van der Waals surface area contributed by atoms with Gasteiger partial charge in [-0.15, -0.1) is 0 Å². The Morgan fingerprint density at radius 2 is 1.88 bits per heavy atom. The first-order chi connectivity index (χ1) is 7.77. The maximum atomic E-state index is 4.20. The summed E-state index contributed by atoms with van der Waals surface area (Å²) in [6.45, 7) is 4.14. The molecule has 0 aliphatic carbocycles. The van der Waals surface area contributed by atoms with Crippen molar-refractivity contribution in [3.05, 3.63) is 52.8 Å². The van der Waals surface area contributed by atoms with E-state index in [9.17, 15) is 0 Å². The summed E-state index contributed by atoms with van der Waals surface area (Å²) in [6.07, 6.45) is 0. The third-order valence-electron chi connectivity index (χ3n) is 2.64. The second kappa shape index (κ2) is 5.21. The van der Waals surface area contributed by atoms with E-state index < -0.39 is 0 Å². The Kier molecular flexibility index (Phi) is 3.67. The smallest absolute Gasteiger partial charge is 0.0634 e. The summed E-state index contributed by atoms with van der Waals surface area (Å²) in [5, 5.41) is 7.23. The van der Waals surface area contributed by atoms with Crippen molar-refractivity contribution in [2.75, 3.05) is 0 Å². The average Bonchev–Trinajstić information content (AvgIpc) is 2.62. The van der Waals surface area contributed by atoms with Crippen molar-refractivity contribution in [2.24, 2.45) is 0 Å². The molecule has 0 spiro atoms. The van der Waals surface area contributed by atoms with Crippen LogP contribution in [0, 0.1) is 13.8 Å². The van der Waals surface area contributed by atoms with E-state index >= 15 is 0 Å². The van der Waals surface area contributed by atoms with Gasteiger partial charge < -0.3 is 0 Å². The van der Waals surface area contributed by atoms with Gasteiger partial charge in [0, 0.05) is 22.8 Å². The molecule has 0 radical (unpaired) electrons. The first-order valence-electron chi connectivity index (χ1n) is 5.39. The molecule has 0 saturated heterocycles. The fourth-order valence-electron chi connectivity index (χ4n) is 1.63. The Balaban J connectivity index is 1.89. The van der Waals surface area contributed by atoms with Crippen LogP contribution in [-0.2, 0) is 11.5 Å². The molecule has 1 aromatic carbocycles. The monoisotopic (exact) mass is 232 g/mol. The zero-order valence-corrected chi connectivity index (χ0v) is 10.5. The fraction of sp³-hybridized carbons (Fsp3) is 0.308. The average molecular weight is 232 g/mol. The number of aryl methyl sites for hydroxylation is 2. The molecule has 1 aromatic heterocycles. The second-order valence-electron chi connectivity index (χ2n) is 3.89. The standard InChI is InChI=1S/C13H16N2S/c1-10-13(11(2)15-14-10)9-16-8-12-6-4-3-5-7-12/h3-7H,8-9H2,1-2H3,(H,14,15). The lowest BCUT2D eigenvalue weighted by Crippen LogP contribution is -1.86. The van der Waals surface area contributed by atoms with Crippen molar-refractivity contribution in [3.63, 3.8) is 0 Å². The molecule has 0 fully saturated rings. The zero-order chi connectivity index (χ0) is 11.4. The van der Waals surface area contributed by atoms with E-state index in [0.717, 1.165) is 17.2 Å². The van der Waals surface area contributed by atoms with Gasteiger partial charge in [-0.1, -0.05) is 30.3 Å². The highest BCUT2D eigenvalue weighted by Gasteiger charge is 2.05. The lowest BCUT2D eigenvalue weighted by Gasteiger charge is -2.02. The van der Waals surface area contributed by atoms with Crippen LogP contribution in [0.3, 0.4) is 0 Å². The third-order valence-corrected chi connectivity index (χ3v) is 3.67. The number of thioether (sulfide) groups is 1. The first-order valence-corrected chi connectivity index (χ1v) is 6.55. The fourth-order valence-corrected chi connectivity index (χ4v) is 2.79. The Bertz CT molecular complexity index is 429. The van der Waals surface area contributed by atoms with Crippen molar-refractivity contribution >= 4 is 11.8 Å². The number of nitrogens with one attached hydrogen (secondary N) is 1. The molecule has 2 nitrogen and oxygen atoms in total. The number of aromatic amines is 1. The molecule has 16 heavy (non-hydrogen) atoms. The molecule has 0 bridgehead atoms. The van der Waals surface area contributed by atoms with Crippen LogP contribution in [0.15, 0.2) is 30.3 Å². The van der Waals surface area contributed by atoms with E-state index in [-0.39, 0.29) is 0 Å². The summed E-state index contributed by atoms with van der Waals surface area (Å²) in [4.78, 5) is 0. The van der Waals surface area contributed by atoms with Crippen LogP contribution in [0.4, 0.5) is 0 Å². The normalized spacial score (nSPS) is 10.6. The minimum absolute atomic E-state index is 1.03. The summed E-state index contributed by atoms with van der Waals surface area (Å²) in [5.74, 6) is 2.09. The quantitative estimate of drug-likeness (QED) is 0.874. The summed E-state index contributed by atoms with van der Waals surface area (Å²) >= 11 is 1.93. The minimum Gasteiger partial charge on any atom is -0.282 e. The number of hydrogen-bond donors (Lipinski definition) is 1. The molecule has 1 heterocycles. The van der Waals surface area contributed by atoms with E-state index in [1.54, 1.807) is 0 Å². The van der Waals surface area contributed by atoms with Crippen LogP contribution < -0.4 is 0 Å². The van der Waals surface area contributed by atoms with Crippen LogP contribution in [0.2, 0.25) is 0 Å². The maximum Gasteiger partial charge on any atom is 0.0634 e. The van der Waals surface area contributed by atoms with Crippen molar-refractivity contribution in [2.45, 2.75) is 25.4 Å². The minimum atomic E-state index is 1.03. The van der Waals surface area contributed by atoms with Gasteiger partial charge in [-0.05, 0) is 19.4 Å². The number of aromatic nitrogens is 2. The van der Waals surface area contributed by atoms with Crippen LogP contribution in [0.25, 0.3) is 0 Å². The molecule has 0 atom stereocenters. The SMILES string of the molecule is Cc1n[nH]c(C)c1CSCc1ccccc1. The van der Waals surface area contributed by atoms with Crippen molar-refractivity contribution < 1.29 is 0 Å². The topological polar surface area (TPSA) is 28.7 Å². The van der Waals surface area contributed by atoms with E-state index in [1.807, 2.05) is 11.8 Å². The number of H-pyrrole nitrogens is 1. The van der Waals surface area contributed by atoms with Crippen molar-refractivity contribution in [3.8, 4) is 0 Å². The van der Waals surface area contributed by atoms with E-state index in [4.69, 9.17) is 0 Å². The Labute approximate surface area is 100 Å². The van der Waals surface area contributed by atoms with Gasteiger partial charge in [-0.25, -0.2) is 0 Å². The highest BCUT2D eigenvalue weighted by Crippen LogP contribution is 2.20. The van der Waals surface area contributed by atoms with Crippen LogP contribution in [-0.4, -0.2) is 10.2 Å². The molecule has 0 unspecified atom stereocenters. The Hall–Kier alpha value is -1.22. The van der Waals surface area contributed by atoms with Crippen LogP contribution in [0.5, 0.6) is 0 Å². The largest absolute Gasteiger partial charge is 0.282 e. The molecular formula is C13H16N2S. The van der Waals surface area contributed by atoms with Crippen molar-refractivity contribution in [1.29, 1.82) is 0 Å². The molecular weight excluding hydrogens is 216 g/mol. The number of nitrogens with zero attached hydrogens (tertiary/aromatic N) is 1. The van der Waals surface area contributed by atoms with Crippen LogP contribution in [0.1, 0.15) is 22.5 Å². The molecule has 2 rings (SSSR count). The highest BCUT2D eigenvalue weighted by molar-refractivity contribution is 7.97. The number of hydrogen-bond acceptors (Lipinski definition) is 2. The molecule has 2 aromatic rings. The highest BCUT2D eigenvalue weighted by atomic mass is 32.2. The summed E-state index contributed by atoms with van der Waals surface area (Å²) in [5.41, 5.74) is 5.04. The van der Waals surface area contributed by atoms with E-state index in [2.05, 4.69) is 54.4 Å².